The first-order chi connectivity index (χ1) is 17.9. The highest BCUT2D eigenvalue weighted by Gasteiger charge is 2.36. The molecule has 3 heterocycles. The largest absolute Gasteiger partial charge is 0.359 e. The minimum absolute atomic E-state index is 0.353. The summed E-state index contributed by atoms with van der Waals surface area (Å²) >= 11 is 0. The Hall–Kier alpha value is -3.29. The van der Waals surface area contributed by atoms with Crippen molar-refractivity contribution >= 4 is 5.82 Å². The van der Waals surface area contributed by atoms with Crippen molar-refractivity contribution in [3.05, 3.63) is 100 Å². The van der Waals surface area contributed by atoms with Crippen LogP contribution in [0.15, 0.2) is 66.5 Å². The third-order valence-corrected chi connectivity index (χ3v) is 8.77. The first-order valence-electron chi connectivity index (χ1n) is 14.0. The Bertz CT molecular complexity index is 1370. The van der Waals surface area contributed by atoms with Crippen LogP contribution < -0.4 is 4.90 Å². The molecule has 1 saturated carbocycles. The van der Waals surface area contributed by atoms with Crippen LogP contribution in [0, 0.1) is 20.8 Å². The van der Waals surface area contributed by atoms with Crippen molar-refractivity contribution in [2.75, 3.05) is 18.0 Å². The van der Waals surface area contributed by atoms with Crippen LogP contribution in [-0.2, 0) is 6.54 Å². The van der Waals surface area contributed by atoms with Gasteiger partial charge in [-0.15, -0.1) is 5.73 Å². The van der Waals surface area contributed by atoms with Crippen molar-refractivity contribution in [1.29, 1.82) is 0 Å². The monoisotopic (exact) mass is 489 g/mol. The summed E-state index contributed by atoms with van der Waals surface area (Å²) < 4.78 is 0. The molecular formula is C34H39N3. The molecule has 0 amide bonds. The van der Waals surface area contributed by atoms with Gasteiger partial charge in [0.2, 0.25) is 0 Å². The van der Waals surface area contributed by atoms with Gasteiger partial charge in [0, 0.05) is 37.0 Å². The zero-order valence-electron chi connectivity index (χ0n) is 22.8. The molecule has 2 aromatic carbocycles. The minimum atomic E-state index is 0.353. The summed E-state index contributed by atoms with van der Waals surface area (Å²) in [7, 11) is 0. The molecule has 6 rings (SSSR count). The fraction of sp³-hybridized carbons (Fsp3) is 0.412. The van der Waals surface area contributed by atoms with E-state index in [1.807, 2.05) is 0 Å². The first kappa shape index (κ1) is 24.1. The van der Waals surface area contributed by atoms with Crippen LogP contribution in [0.2, 0.25) is 0 Å². The van der Waals surface area contributed by atoms with E-state index in [-0.39, 0.29) is 0 Å². The molecule has 3 aliphatic rings. The molecule has 1 aliphatic carbocycles. The summed E-state index contributed by atoms with van der Waals surface area (Å²) in [6.07, 6.45) is 4.87. The van der Waals surface area contributed by atoms with Gasteiger partial charge in [0.05, 0.1) is 17.9 Å². The number of hydrogen-bond donors (Lipinski definition) is 0. The van der Waals surface area contributed by atoms with Crippen LogP contribution in [-0.4, -0.2) is 29.0 Å². The van der Waals surface area contributed by atoms with E-state index < -0.39 is 0 Å². The normalized spacial score (nSPS) is 21.2. The lowest BCUT2D eigenvalue weighted by Crippen LogP contribution is -2.38. The Kier molecular flexibility index (Phi) is 6.21. The molecule has 190 valence electrons. The average molecular weight is 490 g/mol. The number of nitrogens with zero attached hydrogens (tertiary/aromatic N) is 3. The third-order valence-electron chi connectivity index (χ3n) is 8.77. The van der Waals surface area contributed by atoms with Crippen molar-refractivity contribution < 1.29 is 0 Å². The molecular weight excluding hydrogens is 450 g/mol. The van der Waals surface area contributed by atoms with Gasteiger partial charge in [0.15, 0.2) is 0 Å². The van der Waals surface area contributed by atoms with E-state index >= 15 is 0 Å². The summed E-state index contributed by atoms with van der Waals surface area (Å²) in [6, 6.07) is 19.0. The molecule has 2 saturated heterocycles. The van der Waals surface area contributed by atoms with Crippen LogP contribution in [0.4, 0.5) is 5.82 Å². The molecule has 0 N–H and O–H groups in total. The Balaban J connectivity index is 1.39. The number of likely N-dealkylation sites (tertiary alicyclic amines) is 1. The molecule has 2 unspecified atom stereocenters. The predicted octanol–water partition coefficient (Wildman–Crippen LogP) is 7.81. The summed E-state index contributed by atoms with van der Waals surface area (Å²) in [4.78, 5) is 10.2. The smallest absolute Gasteiger partial charge is 0.128 e. The van der Waals surface area contributed by atoms with E-state index in [2.05, 4.69) is 98.3 Å². The first-order valence-corrected chi connectivity index (χ1v) is 14.0. The van der Waals surface area contributed by atoms with Crippen molar-refractivity contribution in [2.24, 2.45) is 0 Å². The Morgan fingerprint density at radius 2 is 1.68 bits per heavy atom. The average Bonchev–Trinajstić information content (AvgIpc) is 3.63. The van der Waals surface area contributed by atoms with Gasteiger partial charge in [0.25, 0.3) is 0 Å². The Morgan fingerprint density at radius 3 is 2.32 bits per heavy atom. The second kappa shape index (κ2) is 9.54. The molecule has 2 aliphatic heterocycles. The molecule has 3 heteroatoms. The molecule has 2 atom stereocenters. The number of anilines is 1. The molecule has 0 radical (unpaired) electrons. The van der Waals surface area contributed by atoms with E-state index in [1.54, 1.807) is 0 Å². The zero-order valence-corrected chi connectivity index (χ0v) is 22.8. The fourth-order valence-corrected chi connectivity index (χ4v) is 6.33. The van der Waals surface area contributed by atoms with Crippen molar-refractivity contribution in [3.63, 3.8) is 0 Å². The summed E-state index contributed by atoms with van der Waals surface area (Å²) in [5.41, 5.74) is 15.2. The third kappa shape index (κ3) is 4.62. The van der Waals surface area contributed by atoms with Gasteiger partial charge in [-0.3, -0.25) is 0 Å². The van der Waals surface area contributed by atoms with Crippen molar-refractivity contribution in [2.45, 2.75) is 77.8 Å². The number of aryl methyl sites for hydroxylation is 3. The summed E-state index contributed by atoms with van der Waals surface area (Å²) in [5.74, 6) is 2.29. The number of allylic oxidation sites excluding steroid dienone is 1. The van der Waals surface area contributed by atoms with Gasteiger partial charge in [-0.1, -0.05) is 54.1 Å². The predicted molar refractivity (Wildman–Crippen MR) is 154 cm³/mol. The highest BCUT2D eigenvalue weighted by Crippen LogP contribution is 2.44. The topological polar surface area (TPSA) is 19.4 Å². The molecule has 0 spiro atoms. The summed E-state index contributed by atoms with van der Waals surface area (Å²) in [5, 5.41) is 0. The number of rotatable bonds is 6. The van der Waals surface area contributed by atoms with Gasteiger partial charge >= 0.3 is 0 Å². The quantitative estimate of drug-likeness (QED) is 0.329. The highest BCUT2D eigenvalue weighted by molar-refractivity contribution is 5.72. The van der Waals surface area contributed by atoms with Gasteiger partial charge in [0.1, 0.15) is 5.82 Å². The van der Waals surface area contributed by atoms with Crippen LogP contribution in [0.3, 0.4) is 0 Å². The molecule has 3 nitrogen and oxygen atoms in total. The molecule has 0 bridgehead atoms. The van der Waals surface area contributed by atoms with E-state index in [4.69, 9.17) is 4.98 Å². The maximum atomic E-state index is 5.32. The Labute approximate surface area is 222 Å². The lowest BCUT2D eigenvalue weighted by atomic mass is 9.90. The van der Waals surface area contributed by atoms with Crippen LogP contribution >= 0.6 is 0 Å². The van der Waals surface area contributed by atoms with Crippen molar-refractivity contribution in [1.82, 2.24) is 9.88 Å². The number of benzene rings is 2. The van der Waals surface area contributed by atoms with Crippen molar-refractivity contribution in [3.8, 4) is 11.1 Å². The van der Waals surface area contributed by atoms with Gasteiger partial charge in [-0.2, -0.15) is 0 Å². The second-order valence-electron chi connectivity index (χ2n) is 11.6. The Morgan fingerprint density at radius 1 is 0.919 bits per heavy atom. The second-order valence-corrected chi connectivity index (χ2v) is 11.6. The minimum Gasteiger partial charge on any atom is -0.359 e. The van der Waals surface area contributed by atoms with Gasteiger partial charge in [-0.05, 0) is 87.3 Å². The van der Waals surface area contributed by atoms with Gasteiger partial charge < -0.3 is 9.80 Å². The standard InChI is InChI=1S/C34H39N3/c1-6-29-20-32(28-17-22(2)16-23(3)18-28)25(5)37(29)21-33-30(12-13-34(35-33)36-14-7-15-36)31-19-27(26-10-11-26)9-8-24(31)4/h8-9,12-13,16-19,25-26,32H,1,7,10-11,14-15,20-21H2,2-5H3. The van der Waals surface area contributed by atoms with Crippen LogP contribution in [0.25, 0.3) is 11.1 Å². The van der Waals surface area contributed by atoms with E-state index in [0.29, 0.717) is 12.0 Å². The number of pyridine rings is 1. The molecule has 1 aromatic heterocycles. The van der Waals surface area contributed by atoms with Crippen LogP contribution in [0.1, 0.15) is 78.0 Å². The summed E-state index contributed by atoms with van der Waals surface area (Å²) in [6.45, 7) is 16.1. The maximum absolute atomic E-state index is 5.32. The lowest BCUT2D eigenvalue weighted by Gasteiger charge is -2.33. The lowest BCUT2D eigenvalue weighted by molar-refractivity contribution is 0.286. The van der Waals surface area contributed by atoms with E-state index in [1.165, 1.54) is 69.6 Å². The SMILES string of the molecule is C=C=C1CC(c2cc(C)cc(C)c2)C(C)N1Cc1nc(N2CCC2)ccc1-c1cc(C2CC2)ccc1C. The molecule has 37 heavy (non-hydrogen) atoms. The van der Waals surface area contributed by atoms with Crippen LogP contribution in [0.5, 0.6) is 0 Å². The highest BCUT2D eigenvalue weighted by atomic mass is 15.2. The van der Waals surface area contributed by atoms with Gasteiger partial charge in [-0.25, -0.2) is 4.98 Å². The number of hydrogen-bond acceptors (Lipinski definition) is 3. The van der Waals surface area contributed by atoms with E-state index in [0.717, 1.165) is 37.8 Å². The maximum Gasteiger partial charge on any atom is 0.128 e. The van der Waals surface area contributed by atoms with E-state index in [9.17, 15) is 0 Å². The fourth-order valence-electron chi connectivity index (χ4n) is 6.33. The molecule has 3 fully saturated rings. The molecule has 3 aromatic rings. The number of aromatic nitrogens is 1. The zero-order chi connectivity index (χ0) is 25.7.